The minimum atomic E-state index is -6.09. The van der Waals surface area contributed by atoms with Crippen molar-refractivity contribution >= 4 is 26.0 Å². The van der Waals surface area contributed by atoms with Crippen molar-refractivity contribution in [1.29, 1.82) is 0 Å². The molecule has 0 aliphatic carbocycles. The molecule has 0 aliphatic rings. The molecule has 0 saturated heterocycles. The molecular weight excluding hydrogens is 498 g/mol. The largest absolute Gasteiger partial charge is 2.00 e. The molecule has 0 radical (unpaired) electrons. The predicted octanol–water partition coefficient (Wildman–Crippen LogP) is 6.11. The van der Waals surface area contributed by atoms with Gasteiger partial charge in [-0.3, -0.25) is 0 Å². The molecule has 0 atom stereocenters. The Morgan fingerprint density at radius 3 is 1.00 bits per heavy atom. The van der Waals surface area contributed by atoms with Gasteiger partial charge < -0.3 is 4.55 Å². The first kappa shape index (κ1) is 37.6. The van der Waals surface area contributed by atoms with Crippen LogP contribution in [-0.4, -0.2) is 55.5 Å². The van der Waals surface area contributed by atoms with Crippen LogP contribution in [0, 0.1) is 6.92 Å². The number of hydrogen-bond acceptors (Lipinski definition) is 3. The molecule has 0 aliphatic heterocycles. The molecule has 0 aromatic carbocycles. The van der Waals surface area contributed by atoms with E-state index in [0.29, 0.717) is 15.8 Å². The van der Waals surface area contributed by atoms with Crippen LogP contribution >= 0.6 is 15.8 Å². The van der Waals surface area contributed by atoms with Crippen molar-refractivity contribution in [2.75, 3.05) is 37.0 Å². The van der Waals surface area contributed by atoms with Crippen LogP contribution in [-0.2, 0) is 30.5 Å². The molecule has 3 nitrogen and oxygen atoms in total. The van der Waals surface area contributed by atoms with Gasteiger partial charge in [-0.1, -0.05) is 41.5 Å². The van der Waals surface area contributed by atoms with E-state index in [9.17, 15) is 13.2 Å². The summed E-state index contributed by atoms with van der Waals surface area (Å²) in [5.74, 6) is 0. The molecular formula is C16H35F3O3P2PdS. The normalized spacial score (nSPS) is 10.3. The molecule has 0 unspecified atom stereocenters. The third kappa shape index (κ3) is 29.6. The number of alkyl halides is 3. The predicted molar refractivity (Wildman–Crippen MR) is 108 cm³/mol. The van der Waals surface area contributed by atoms with Gasteiger partial charge in [0.2, 0.25) is 0 Å². The summed E-state index contributed by atoms with van der Waals surface area (Å²) >= 11 is 0. The number of hydrogen-bond donors (Lipinski definition) is 0. The van der Waals surface area contributed by atoms with Gasteiger partial charge in [0.05, 0.1) is 0 Å². The van der Waals surface area contributed by atoms with Crippen molar-refractivity contribution in [3.63, 3.8) is 0 Å². The molecule has 0 saturated carbocycles. The Morgan fingerprint density at radius 2 is 1.00 bits per heavy atom. The second-order valence-electron chi connectivity index (χ2n) is 4.43. The van der Waals surface area contributed by atoms with E-state index in [-0.39, 0.29) is 20.4 Å². The SMILES string of the molecule is C=C[CH2-].CCP(CC)CC.CCP(CC)CC.O=S(=O)([O-])C(F)(F)F.[Pd+2]. The van der Waals surface area contributed by atoms with E-state index in [1.54, 1.807) is 0 Å². The van der Waals surface area contributed by atoms with Crippen LogP contribution in [0.2, 0.25) is 0 Å². The van der Waals surface area contributed by atoms with Gasteiger partial charge in [-0.15, -0.1) is 15.8 Å². The monoisotopic (exact) mass is 532 g/mol. The summed E-state index contributed by atoms with van der Waals surface area (Å²) in [5.41, 5.74) is -5.65. The van der Waals surface area contributed by atoms with Gasteiger partial charge in [0.15, 0.2) is 10.1 Å². The van der Waals surface area contributed by atoms with Crippen molar-refractivity contribution in [3.8, 4) is 0 Å². The van der Waals surface area contributed by atoms with Gasteiger partial charge in [-0.25, -0.2) is 28.0 Å². The minimum absolute atomic E-state index is 0. The first-order valence-electron chi connectivity index (χ1n) is 8.23. The summed E-state index contributed by atoms with van der Waals surface area (Å²) in [7, 11) is -5.20. The standard InChI is InChI=1S/2C6H15P.C3H5.CHF3O3S.Pd/c2*1-4-7(5-2)6-3;1-3-2;2-1(3,4)8(5,6)7;/h2*4-6H2,1-3H3;3H,1-2H2;(H,5,6,7);/q;;-1;;+2/p-1. The molecule has 0 heterocycles. The fraction of sp³-hybridized carbons (Fsp3) is 0.812. The van der Waals surface area contributed by atoms with Gasteiger partial charge in [0.1, 0.15) is 0 Å². The molecule has 0 aromatic heterocycles. The first-order valence-corrected chi connectivity index (χ1v) is 13.4. The van der Waals surface area contributed by atoms with E-state index < -0.39 is 15.6 Å². The summed E-state index contributed by atoms with van der Waals surface area (Å²) in [5, 5.41) is 0. The third-order valence-electron chi connectivity index (χ3n) is 2.97. The molecule has 26 heavy (non-hydrogen) atoms. The average Bonchev–Trinajstić information content (AvgIpc) is 2.51. The fourth-order valence-corrected chi connectivity index (χ4v) is 4.02. The average molecular weight is 533 g/mol. The fourth-order valence-electron chi connectivity index (χ4n) is 1.34. The summed E-state index contributed by atoms with van der Waals surface area (Å²) in [6, 6.07) is 0. The van der Waals surface area contributed by atoms with Gasteiger partial charge in [-0.05, 0) is 37.0 Å². The molecule has 164 valence electrons. The molecule has 0 bridgehead atoms. The minimum Gasteiger partial charge on any atom is -0.741 e. The summed E-state index contributed by atoms with van der Waals surface area (Å²) < 4.78 is 58.9. The summed E-state index contributed by atoms with van der Waals surface area (Å²) in [6.07, 6.45) is 10.0. The van der Waals surface area contributed by atoms with E-state index in [1.807, 2.05) is 0 Å². The van der Waals surface area contributed by atoms with Crippen LogP contribution in [0.15, 0.2) is 12.7 Å². The van der Waals surface area contributed by atoms with Crippen LogP contribution < -0.4 is 0 Å². The Morgan fingerprint density at radius 1 is 0.885 bits per heavy atom. The summed E-state index contributed by atoms with van der Waals surface area (Å²) in [4.78, 5) is 0. The molecule has 0 amide bonds. The maximum absolute atomic E-state index is 10.7. The first-order chi connectivity index (χ1) is 11.4. The van der Waals surface area contributed by atoms with E-state index in [4.69, 9.17) is 13.0 Å². The Balaban J connectivity index is -0.0000000775. The van der Waals surface area contributed by atoms with E-state index in [2.05, 4.69) is 55.0 Å². The molecule has 0 spiro atoms. The van der Waals surface area contributed by atoms with E-state index >= 15 is 0 Å². The van der Waals surface area contributed by atoms with Crippen molar-refractivity contribution in [1.82, 2.24) is 0 Å². The Labute approximate surface area is 175 Å². The van der Waals surface area contributed by atoms with Crippen LogP contribution in [0.3, 0.4) is 0 Å². The van der Waals surface area contributed by atoms with Crippen molar-refractivity contribution in [3.05, 3.63) is 19.6 Å². The quantitative estimate of drug-likeness (QED) is 0.136. The van der Waals surface area contributed by atoms with Gasteiger partial charge >= 0.3 is 25.9 Å². The maximum Gasteiger partial charge on any atom is 2.00 e. The Kier molecular flexibility index (Phi) is 34.5. The maximum atomic E-state index is 10.7. The second kappa shape index (κ2) is 23.9. The summed E-state index contributed by atoms with van der Waals surface area (Å²) in [6.45, 7) is 20.2. The van der Waals surface area contributed by atoms with Gasteiger partial charge in [0, 0.05) is 0 Å². The van der Waals surface area contributed by atoms with Crippen LogP contribution in [0.5, 0.6) is 0 Å². The number of rotatable bonds is 6. The second-order valence-corrected chi connectivity index (χ2v) is 12.3. The zero-order valence-electron chi connectivity index (χ0n) is 16.7. The smallest absolute Gasteiger partial charge is 0.741 e. The Hall–Kier alpha value is 0.832. The molecule has 0 N–H and O–H groups in total. The molecule has 0 rings (SSSR count). The van der Waals surface area contributed by atoms with Gasteiger partial charge in [0.25, 0.3) is 0 Å². The van der Waals surface area contributed by atoms with E-state index in [0.717, 1.165) is 0 Å². The zero-order valence-corrected chi connectivity index (χ0v) is 20.9. The van der Waals surface area contributed by atoms with Gasteiger partial charge in [-0.2, -0.15) is 13.2 Å². The van der Waals surface area contributed by atoms with Crippen molar-refractivity contribution in [2.45, 2.75) is 47.1 Å². The molecule has 0 fully saturated rings. The van der Waals surface area contributed by atoms with Crippen molar-refractivity contribution in [2.24, 2.45) is 0 Å². The topological polar surface area (TPSA) is 57.2 Å². The third-order valence-corrected chi connectivity index (χ3v) is 8.90. The van der Waals surface area contributed by atoms with Crippen LogP contribution in [0.4, 0.5) is 13.2 Å². The van der Waals surface area contributed by atoms with Crippen LogP contribution in [0.1, 0.15) is 41.5 Å². The number of allylic oxidation sites excluding steroid dienone is 1. The Bertz CT molecular complexity index is 350. The number of halogens is 3. The zero-order chi connectivity index (χ0) is 21.1. The van der Waals surface area contributed by atoms with E-state index in [1.165, 1.54) is 43.0 Å². The molecule has 10 heteroatoms. The van der Waals surface area contributed by atoms with Crippen LogP contribution in [0.25, 0.3) is 0 Å². The van der Waals surface area contributed by atoms with Crippen molar-refractivity contribution < 1.29 is 46.6 Å². The molecule has 0 aromatic rings.